The largest absolute Gasteiger partial charge is 0.296 e. The van der Waals surface area contributed by atoms with Gasteiger partial charge in [0.05, 0.1) is 22.9 Å². The fourth-order valence-electron chi connectivity index (χ4n) is 3.43. The average molecular weight is 479 g/mol. The van der Waals surface area contributed by atoms with E-state index in [0.717, 1.165) is 31.5 Å². The van der Waals surface area contributed by atoms with Crippen molar-refractivity contribution in [3.63, 3.8) is 0 Å². The summed E-state index contributed by atoms with van der Waals surface area (Å²) in [6, 6.07) is 14.7. The highest BCUT2D eigenvalue weighted by Gasteiger charge is 2.19. The van der Waals surface area contributed by atoms with Crippen LogP contribution < -0.4 is 9.44 Å². The van der Waals surface area contributed by atoms with E-state index in [-0.39, 0.29) is 22.9 Å². The number of hydrogen-bond donors (Lipinski definition) is 2. The summed E-state index contributed by atoms with van der Waals surface area (Å²) in [5.41, 5.74) is 0.969. The third-order valence-corrected chi connectivity index (χ3v) is 8.04. The normalized spacial score (nSPS) is 16.1. The molecule has 2 N–H and O–H groups in total. The van der Waals surface area contributed by atoms with Crippen LogP contribution in [0.3, 0.4) is 0 Å². The van der Waals surface area contributed by atoms with Crippen LogP contribution in [0.25, 0.3) is 0 Å². The smallest absolute Gasteiger partial charge is 0.262 e. The van der Waals surface area contributed by atoms with Gasteiger partial charge in [0.25, 0.3) is 10.0 Å². The van der Waals surface area contributed by atoms with Crippen LogP contribution >= 0.6 is 0 Å². The lowest BCUT2D eigenvalue weighted by Gasteiger charge is -2.27. The minimum atomic E-state index is -3.78. The minimum absolute atomic E-state index is 0.0625. The zero-order chi connectivity index (χ0) is 23.0. The summed E-state index contributed by atoms with van der Waals surface area (Å²) in [6.07, 6.45) is 3.29. The molecule has 0 unspecified atom stereocenters. The first-order valence-corrected chi connectivity index (χ1v) is 13.6. The quantitative estimate of drug-likeness (QED) is 0.326. The molecule has 1 aliphatic rings. The molecule has 174 valence electrons. The van der Waals surface area contributed by atoms with Crippen molar-refractivity contribution in [2.45, 2.75) is 36.0 Å². The summed E-state index contributed by atoms with van der Waals surface area (Å²) in [5, 5.41) is 0. The molecule has 0 saturated carbocycles. The number of benzene rings is 2. The molecule has 1 heterocycles. The van der Waals surface area contributed by atoms with E-state index in [1.165, 1.54) is 18.6 Å². The van der Waals surface area contributed by atoms with Gasteiger partial charge in [-0.25, -0.2) is 21.6 Å². The maximum atomic E-state index is 12.9. The lowest BCUT2D eigenvalue weighted by Crippen LogP contribution is -2.42. The van der Waals surface area contributed by atoms with Gasteiger partial charge in [0.1, 0.15) is 5.84 Å². The molecular formula is C22H30N4O4S2. The van der Waals surface area contributed by atoms with Crippen LogP contribution in [-0.2, 0) is 20.0 Å². The Morgan fingerprint density at radius 3 is 2.16 bits per heavy atom. The molecule has 0 aromatic heterocycles. The van der Waals surface area contributed by atoms with Crippen molar-refractivity contribution >= 4 is 25.9 Å². The zero-order valence-corrected chi connectivity index (χ0v) is 19.8. The Morgan fingerprint density at radius 1 is 0.875 bits per heavy atom. The molecule has 1 saturated heterocycles. The van der Waals surface area contributed by atoms with Gasteiger partial charge in [-0.3, -0.25) is 14.6 Å². The Kier molecular flexibility index (Phi) is 8.41. The number of amidine groups is 1. The molecule has 0 spiro atoms. The maximum absolute atomic E-state index is 12.9. The molecule has 3 rings (SSSR count). The number of aryl methyl sites for hydroxylation is 1. The summed E-state index contributed by atoms with van der Waals surface area (Å²) < 4.78 is 55.5. The van der Waals surface area contributed by atoms with Gasteiger partial charge >= 0.3 is 0 Å². The Balaban J connectivity index is 1.69. The molecule has 0 amide bonds. The number of nitrogens with one attached hydrogen (secondary N) is 2. The molecule has 10 heteroatoms. The van der Waals surface area contributed by atoms with Gasteiger partial charge in [0, 0.05) is 6.54 Å². The van der Waals surface area contributed by atoms with Crippen molar-refractivity contribution in [1.29, 1.82) is 0 Å². The van der Waals surface area contributed by atoms with E-state index in [9.17, 15) is 16.8 Å². The van der Waals surface area contributed by atoms with Crippen LogP contribution in [0.2, 0.25) is 0 Å². The molecule has 2 aromatic carbocycles. The van der Waals surface area contributed by atoms with E-state index in [4.69, 9.17) is 0 Å². The molecule has 1 aliphatic heterocycles. The summed E-state index contributed by atoms with van der Waals surface area (Å²) in [4.78, 5) is 6.91. The van der Waals surface area contributed by atoms with Gasteiger partial charge in [-0.2, -0.15) is 0 Å². The van der Waals surface area contributed by atoms with Crippen LogP contribution in [-0.4, -0.2) is 60.3 Å². The zero-order valence-electron chi connectivity index (χ0n) is 18.2. The van der Waals surface area contributed by atoms with E-state index in [2.05, 4.69) is 19.3 Å². The first-order valence-electron chi connectivity index (χ1n) is 10.7. The number of likely N-dealkylation sites (tertiary alicyclic amines) is 1. The minimum Gasteiger partial charge on any atom is -0.296 e. The van der Waals surface area contributed by atoms with Gasteiger partial charge in [-0.05, 0) is 57.1 Å². The second-order valence-corrected chi connectivity index (χ2v) is 11.2. The molecule has 8 nitrogen and oxygen atoms in total. The van der Waals surface area contributed by atoms with Gasteiger partial charge in [0.2, 0.25) is 10.0 Å². The third kappa shape index (κ3) is 7.13. The second-order valence-electron chi connectivity index (χ2n) is 7.79. The number of hydrogen-bond acceptors (Lipinski definition) is 6. The first-order chi connectivity index (χ1) is 15.3. The molecule has 0 atom stereocenters. The predicted molar refractivity (Wildman–Crippen MR) is 126 cm³/mol. The fraction of sp³-hybridized carbons (Fsp3) is 0.409. The van der Waals surface area contributed by atoms with Crippen LogP contribution in [0.15, 0.2) is 69.4 Å². The van der Waals surface area contributed by atoms with E-state index in [1.807, 2.05) is 6.92 Å². The number of rotatable bonds is 9. The first kappa shape index (κ1) is 24.4. The highest BCUT2D eigenvalue weighted by Crippen LogP contribution is 2.12. The molecule has 32 heavy (non-hydrogen) atoms. The topological polar surface area (TPSA) is 108 Å². The average Bonchev–Trinajstić information content (AvgIpc) is 2.78. The number of nitrogens with zero attached hydrogens (tertiary/aromatic N) is 2. The van der Waals surface area contributed by atoms with Gasteiger partial charge < -0.3 is 0 Å². The van der Waals surface area contributed by atoms with Gasteiger partial charge in [-0.15, -0.1) is 0 Å². The third-order valence-electron chi connectivity index (χ3n) is 5.17. The number of sulfonamides is 2. The van der Waals surface area contributed by atoms with Crippen molar-refractivity contribution in [1.82, 2.24) is 14.3 Å². The van der Waals surface area contributed by atoms with Crippen molar-refractivity contribution in [3.8, 4) is 0 Å². The van der Waals surface area contributed by atoms with Gasteiger partial charge in [0.15, 0.2) is 0 Å². The molecule has 0 bridgehead atoms. The Bertz CT molecular complexity index is 1110. The monoisotopic (exact) mass is 478 g/mol. The summed E-state index contributed by atoms with van der Waals surface area (Å²) in [6.45, 7) is 4.20. The van der Waals surface area contributed by atoms with Crippen LogP contribution in [0.5, 0.6) is 0 Å². The Labute approximate surface area is 190 Å². The summed E-state index contributed by atoms with van der Waals surface area (Å²) in [5.74, 6) is 0.311. The van der Waals surface area contributed by atoms with E-state index in [1.54, 1.807) is 42.5 Å². The molecule has 0 aliphatic carbocycles. The van der Waals surface area contributed by atoms with Crippen LogP contribution in [0, 0.1) is 6.92 Å². The lowest BCUT2D eigenvalue weighted by molar-refractivity contribution is 0.257. The molecule has 2 aromatic rings. The maximum Gasteiger partial charge on any atom is 0.262 e. The molecule has 0 radical (unpaired) electrons. The molecular weight excluding hydrogens is 448 g/mol. The van der Waals surface area contributed by atoms with Crippen molar-refractivity contribution in [2.24, 2.45) is 4.99 Å². The Hall–Kier alpha value is -2.27. The highest BCUT2D eigenvalue weighted by atomic mass is 32.2. The van der Waals surface area contributed by atoms with Crippen LogP contribution in [0.4, 0.5) is 0 Å². The van der Waals surface area contributed by atoms with Crippen molar-refractivity contribution in [2.75, 3.05) is 32.7 Å². The lowest BCUT2D eigenvalue weighted by atomic mass is 10.1. The SMILES string of the molecule is Cc1ccc(S(=O)(=O)NC(CN2CCCCC2)=NCCNS(=O)(=O)c2ccccc2)cc1. The predicted octanol–water partition coefficient (Wildman–Crippen LogP) is 2.14. The standard InChI is InChI=1S/C22H30N4O4S2/c1-19-10-12-21(13-11-19)32(29,30)25-22(18-26-16-6-3-7-17-26)23-14-15-24-31(27,28)20-8-4-2-5-9-20/h2,4-5,8-13,24H,3,6-7,14-18H2,1H3,(H,23,25). The van der Waals surface area contributed by atoms with E-state index >= 15 is 0 Å². The number of aliphatic imine (C=N–C) groups is 1. The fourth-order valence-corrected chi connectivity index (χ4v) is 5.52. The highest BCUT2D eigenvalue weighted by molar-refractivity contribution is 7.90. The van der Waals surface area contributed by atoms with Gasteiger partial charge in [-0.1, -0.05) is 42.3 Å². The summed E-state index contributed by atoms with van der Waals surface area (Å²) >= 11 is 0. The van der Waals surface area contributed by atoms with Crippen LogP contribution in [0.1, 0.15) is 24.8 Å². The Morgan fingerprint density at radius 2 is 1.50 bits per heavy atom. The number of piperidine rings is 1. The van der Waals surface area contributed by atoms with E-state index in [0.29, 0.717) is 12.4 Å². The summed E-state index contributed by atoms with van der Waals surface area (Å²) in [7, 11) is -7.42. The second kappa shape index (κ2) is 11.0. The van der Waals surface area contributed by atoms with Crippen molar-refractivity contribution < 1.29 is 16.8 Å². The molecule has 1 fully saturated rings. The van der Waals surface area contributed by atoms with E-state index < -0.39 is 20.0 Å². The van der Waals surface area contributed by atoms with Crippen molar-refractivity contribution in [3.05, 3.63) is 60.2 Å².